The van der Waals surface area contributed by atoms with E-state index < -0.39 is 5.97 Å². The van der Waals surface area contributed by atoms with Crippen molar-refractivity contribution in [3.63, 3.8) is 0 Å². The molecule has 0 aromatic heterocycles. The van der Waals surface area contributed by atoms with Gasteiger partial charge < -0.3 is 15.7 Å². The highest BCUT2D eigenvalue weighted by atomic mass is 16.4. The van der Waals surface area contributed by atoms with Crippen molar-refractivity contribution in [3.05, 3.63) is 0 Å². The summed E-state index contributed by atoms with van der Waals surface area (Å²) < 4.78 is 0. The Hall–Kier alpha value is -1.30. The molecule has 0 saturated heterocycles. The number of carboxylic acid groups (broad SMARTS) is 1. The summed E-state index contributed by atoms with van der Waals surface area (Å²) in [6, 6.07) is 0.348. The number of unbranched alkanes of at least 4 members (excludes halogenated alkanes) is 2. The molecule has 6 nitrogen and oxygen atoms in total. The van der Waals surface area contributed by atoms with Gasteiger partial charge in [-0.1, -0.05) is 26.7 Å². The normalized spacial score (nSPS) is 21.4. The van der Waals surface area contributed by atoms with Crippen LogP contribution in [-0.4, -0.2) is 53.7 Å². The van der Waals surface area contributed by atoms with Crippen LogP contribution in [0, 0.1) is 0 Å². The lowest BCUT2D eigenvalue weighted by atomic mass is 9.85. The van der Waals surface area contributed by atoms with Gasteiger partial charge in [0, 0.05) is 18.6 Å². The standard InChI is InChI=1S/C14H27N3O3/c1-3-5-6-7-15-14(20)16-11-8-12(9-11)17(4-2)10-13(18)19/h11-12H,3-10H2,1-2H3,(H,18,19)(H2,15,16,20). The molecule has 1 rings (SSSR count). The maximum absolute atomic E-state index is 11.6. The van der Waals surface area contributed by atoms with Crippen LogP contribution in [-0.2, 0) is 4.79 Å². The Kier molecular flexibility index (Phi) is 7.36. The molecule has 1 fully saturated rings. The predicted molar refractivity (Wildman–Crippen MR) is 77.8 cm³/mol. The Balaban J connectivity index is 2.14. The smallest absolute Gasteiger partial charge is 0.317 e. The van der Waals surface area contributed by atoms with Crippen LogP contribution in [0.15, 0.2) is 0 Å². The van der Waals surface area contributed by atoms with E-state index in [1.54, 1.807) is 0 Å². The Morgan fingerprint density at radius 3 is 2.50 bits per heavy atom. The summed E-state index contributed by atoms with van der Waals surface area (Å²) in [5.74, 6) is -0.795. The maximum atomic E-state index is 11.6. The topological polar surface area (TPSA) is 81.7 Å². The lowest BCUT2D eigenvalue weighted by Crippen LogP contribution is -2.56. The number of carbonyl (C=O) groups is 2. The molecule has 0 bridgehead atoms. The third-order valence-electron chi connectivity index (χ3n) is 3.78. The second-order valence-electron chi connectivity index (χ2n) is 5.39. The van der Waals surface area contributed by atoms with Crippen LogP contribution < -0.4 is 10.6 Å². The summed E-state index contributed by atoms with van der Waals surface area (Å²) in [5.41, 5.74) is 0. The van der Waals surface area contributed by atoms with E-state index in [4.69, 9.17) is 5.11 Å². The van der Waals surface area contributed by atoms with E-state index in [-0.39, 0.29) is 24.7 Å². The number of nitrogens with zero attached hydrogens (tertiary/aromatic N) is 1. The van der Waals surface area contributed by atoms with Gasteiger partial charge in [-0.15, -0.1) is 0 Å². The number of rotatable bonds is 9. The summed E-state index contributed by atoms with van der Waals surface area (Å²) in [6.07, 6.45) is 4.96. The van der Waals surface area contributed by atoms with Crippen LogP contribution in [0.4, 0.5) is 4.79 Å². The lowest BCUT2D eigenvalue weighted by Gasteiger charge is -2.42. The van der Waals surface area contributed by atoms with Gasteiger partial charge in [0.15, 0.2) is 0 Å². The third-order valence-corrected chi connectivity index (χ3v) is 3.78. The predicted octanol–water partition coefficient (Wildman–Crippen LogP) is 1.41. The molecular formula is C14H27N3O3. The van der Waals surface area contributed by atoms with E-state index in [0.29, 0.717) is 0 Å². The van der Waals surface area contributed by atoms with Crippen LogP contribution in [0.1, 0.15) is 46.0 Å². The molecule has 0 aromatic rings. The molecule has 0 radical (unpaired) electrons. The number of carbonyl (C=O) groups excluding carboxylic acids is 1. The van der Waals surface area contributed by atoms with Gasteiger partial charge in [0.25, 0.3) is 0 Å². The van der Waals surface area contributed by atoms with Gasteiger partial charge in [-0.05, 0) is 25.8 Å². The number of amides is 2. The van der Waals surface area contributed by atoms with E-state index in [1.807, 2.05) is 11.8 Å². The van der Waals surface area contributed by atoms with Crippen molar-refractivity contribution in [1.82, 2.24) is 15.5 Å². The first-order chi connectivity index (χ1) is 9.56. The molecule has 2 amide bonds. The Labute approximate surface area is 120 Å². The maximum Gasteiger partial charge on any atom is 0.317 e. The van der Waals surface area contributed by atoms with Crippen molar-refractivity contribution in [2.75, 3.05) is 19.6 Å². The van der Waals surface area contributed by atoms with Crippen molar-refractivity contribution in [2.24, 2.45) is 0 Å². The largest absolute Gasteiger partial charge is 0.480 e. The summed E-state index contributed by atoms with van der Waals surface area (Å²) in [6.45, 7) is 5.62. The van der Waals surface area contributed by atoms with Crippen LogP contribution >= 0.6 is 0 Å². The number of hydrogen-bond acceptors (Lipinski definition) is 3. The van der Waals surface area contributed by atoms with E-state index in [0.717, 1.165) is 45.2 Å². The van der Waals surface area contributed by atoms with Gasteiger partial charge in [-0.2, -0.15) is 0 Å². The van der Waals surface area contributed by atoms with Crippen LogP contribution in [0.3, 0.4) is 0 Å². The van der Waals surface area contributed by atoms with Crippen molar-refractivity contribution in [1.29, 1.82) is 0 Å². The highest BCUT2D eigenvalue weighted by molar-refractivity contribution is 5.74. The molecule has 1 saturated carbocycles. The highest BCUT2D eigenvalue weighted by Crippen LogP contribution is 2.25. The zero-order valence-corrected chi connectivity index (χ0v) is 12.5. The first kappa shape index (κ1) is 16.8. The first-order valence-electron chi connectivity index (χ1n) is 7.57. The van der Waals surface area contributed by atoms with Gasteiger partial charge in [0.1, 0.15) is 0 Å². The Morgan fingerprint density at radius 1 is 1.25 bits per heavy atom. The van der Waals surface area contributed by atoms with Crippen molar-refractivity contribution < 1.29 is 14.7 Å². The van der Waals surface area contributed by atoms with Gasteiger partial charge in [-0.25, -0.2) is 4.79 Å². The highest BCUT2D eigenvalue weighted by Gasteiger charge is 2.34. The molecule has 116 valence electrons. The molecule has 6 heteroatoms. The molecule has 0 atom stereocenters. The summed E-state index contributed by atoms with van der Waals surface area (Å²) in [4.78, 5) is 24.3. The minimum atomic E-state index is -0.795. The Morgan fingerprint density at radius 2 is 1.95 bits per heavy atom. The second-order valence-corrected chi connectivity index (χ2v) is 5.39. The van der Waals surface area contributed by atoms with Crippen LogP contribution in [0.5, 0.6) is 0 Å². The molecule has 1 aliphatic rings. The van der Waals surface area contributed by atoms with Gasteiger partial charge >= 0.3 is 12.0 Å². The number of urea groups is 1. The van der Waals surface area contributed by atoms with Gasteiger partial charge in [0.2, 0.25) is 0 Å². The lowest BCUT2D eigenvalue weighted by molar-refractivity contribution is -0.139. The van der Waals surface area contributed by atoms with Crippen LogP contribution in [0.25, 0.3) is 0 Å². The quantitative estimate of drug-likeness (QED) is 0.560. The van der Waals surface area contributed by atoms with Gasteiger partial charge in [-0.3, -0.25) is 9.69 Å². The summed E-state index contributed by atoms with van der Waals surface area (Å²) >= 11 is 0. The van der Waals surface area contributed by atoms with Crippen molar-refractivity contribution in [3.8, 4) is 0 Å². The number of aliphatic carboxylic acids is 1. The average Bonchev–Trinajstić information content (AvgIpc) is 2.36. The molecule has 0 aliphatic heterocycles. The first-order valence-corrected chi connectivity index (χ1v) is 7.57. The van der Waals surface area contributed by atoms with E-state index >= 15 is 0 Å². The number of likely N-dealkylation sites (N-methyl/N-ethyl adjacent to an activating group) is 1. The fourth-order valence-corrected chi connectivity index (χ4v) is 2.49. The number of carboxylic acids is 1. The minimum absolute atomic E-state index is 0.0805. The fourth-order valence-electron chi connectivity index (χ4n) is 2.49. The fraction of sp³-hybridized carbons (Fsp3) is 0.857. The zero-order valence-electron chi connectivity index (χ0n) is 12.5. The summed E-state index contributed by atoms with van der Waals surface area (Å²) in [5, 5.41) is 14.6. The molecule has 0 spiro atoms. The van der Waals surface area contributed by atoms with E-state index in [1.165, 1.54) is 0 Å². The van der Waals surface area contributed by atoms with E-state index in [9.17, 15) is 9.59 Å². The Bertz CT molecular complexity index is 317. The molecular weight excluding hydrogens is 258 g/mol. The average molecular weight is 285 g/mol. The number of hydrogen-bond donors (Lipinski definition) is 3. The van der Waals surface area contributed by atoms with E-state index in [2.05, 4.69) is 17.6 Å². The third kappa shape index (κ3) is 5.77. The van der Waals surface area contributed by atoms with Gasteiger partial charge in [0.05, 0.1) is 6.54 Å². The van der Waals surface area contributed by atoms with Crippen molar-refractivity contribution >= 4 is 12.0 Å². The number of nitrogens with one attached hydrogen (secondary N) is 2. The summed E-state index contributed by atoms with van der Waals surface area (Å²) in [7, 11) is 0. The SMILES string of the molecule is CCCCCNC(=O)NC1CC(N(CC)CC(=O)O)C1. The minimum Gasteiger partial charge on any atom is -0.480 e. The second kappa shape index (κ2) is 8.79. The molecule has 1 aliphatic carbocycles. The van der Waals surface area contributed by atoms with Crippen LogP contribution in [0.2, 0.25) is 0 Å². The molecule has 0 unspecified atom stereocenters. The van der Waals surface area contributed by atoms with Crippen molar-refractivity contribution in [2.45, 2.75) is 58.0 Å². The molecule has 0 aromatic carbocycles. The monoisotopic (exact) mass is 285 g/mol. The zero-order chi connectivity index (χ0) is 15.0. The molecule has 20 heavy (non-hydrogen) atoms. The molecule has 0 heterocycles. The molecule has 3 N–H and O–H groups in total.